The molecule has 0 saturated heterocycles. The topological polar surface area (TPSA) is 9.23 Å². The van der Waals surface area contributed by atoms with Crippen LogP contribution >= 0.6 is 0 Å². The van der Waals surface area contributed by atoms with Crippen LogP contribution in [0.2, 0.25) is 0 Å². The number of methoxy groups -OCH3 is 1. The first-order chi connectivity index (χ1) is 3.12. The lowest BCUT2D eigenvalue weighted by Crippen LogP contribution is -2.12. The summed E-state index contributed by atoms with van der Waals surface area (Å²) < 4.78 is 26.7. The standard InChI is InChI=1S/C4H6F2O/c1-3-4(5,6)7-2/h3H,1H2,2H3. The summed E-state index contributed by atoms with van der Waals surface area (Å²) in [6, 6.07) is 0. The molecule has 0 bridgehead atoms. The van der Waals surface area contributed by atoms with Crippen molar-refractivity contribution in [1.82, 2.24) is 0 Å². The zero-order valence-electron chi connectivity index (χ0n) is 3.95. The Labute approximate surface area is 40.6 Å². The van der Waals surface area contributed by atoms with Gasteiger partial charge < -0.3 is 4.74 Å². The molecule has 0 aromatic heterocycles. The van der Waals surface area contributed by atoms with Crippen molar-refractivity contribution >= 4 is 0 Å². The van der Waals surface area contributed by atoms with Gasteiger partial charge in [0.05, 0.1) is 0 Å². The molecule has 0 aromatic rings. The summed E-state index contributed by atoms with van der Waals surface area (Å²) in [5.41, 5.74) is 0. The maximum absolute atomic E-state index is 11.5. The third-order valence-electron chi connectivity index (χ3n) is 0.510. The minimum atomic E-state index is -3.15. The van der Waals surface area contributed by atoms with Gasteiger partial charge in [0.2, 0.25) is 0 Å². The van der Waals surface area contributed by atoms with E-state index < -0.39 is 6.11 Å². The van der Waals surface area contributed by atoms with Gasteiger partial charge in [0.15, 0.2) is 0 Å². The Bertz CT molecular complexity index is 70.1. The number of hydrogen-bond donors (Lipinski definition) is 0. The molecule has 0 aliphatic heterocycles. The number of rotatable bonds is 2. The van der Waals surface area contributed by atoms with Gasteiger partial charge in [-0.3, -0.25) is 0 Å². The van der Waals surface area contributed by atoms with E-state index in [-0.39, 0.29) is 0 Å². The largest absolute Gasteiger partial charge is 0.375 e. The van der Waals surface area contributed by atoms with Crippen molar-refractivity contribution in [2.75, 3.05) is 7.11 Å². The summed E-state index contributed by atoms with van der Waals surface area (Å²) in [6.45, 7) is 2.83. The Morgan fingerprint density at radius 1 is 1.71 bits per heavy atom. The molecule has 0 N–H and O–H groups in total. The highest BCUT2D eigenvalue weighted by atomic mass is 19.3. The van der Waals surface area contributed by atoms with E-state index in [9.17, 15) is 8.78 Å². The molecule has 0 saturated carbocycles. The molecule has 3 heteroatoms. The summed E-state index contributed by atoms with van der Waals surface area (Å²) in [5, 5.41) is 0. The quantitative estimate of drug-likeness (QED) is 0.486. The van der Waals surface area contributed by atoms with Crippen LogP contribution in [0.1, 0.15) is 0 Å². The molecule has 0 spiro atoms. The van der Waals surface area contributed by atoms with E-state index in [1.807, 2.05) is 0 Å². The Balaban J connectivity index is 3.58. The minimum Gasteiger partial charge on any atom is -0.320 e. The summed E-state index contributed by atoms with van der Waals surface area (Å²) >= 11 is 0. The fourth-order valence-corrected chi connectivity index (χ4v) is 0.0833. The fourth-order valence-electron chi connectivity index (χ4n) is 0.0833. The Kier molecular flexibility index (Phi) is 1.90. The van der Waals surface area contributed by atoms with E-state index >= 15 is 0 Å². The van der Waals surface area contributed by atoms with Gasteiger partial charge in [0.25, 0.3) is 0 Å². The predicted molar refractivity (Wildman–Crippen MR) is 22.2 cm³/mol. The summed E-state index contributed by atoms with van der Waals surface area (Å²) in [6.07, 6.45) is -2.72. The van der Waals surface area contributed by atoms with E-state index in [2.05, 4.69) is 11.3 Å². The van der Waals surface area contributed by atoms with Gasteiger partial charge in [0, 0.05) is 13.2 Å². The van der Waals surface area contributed by atoms with Crippen LogP contribution < -0.4 is 0 Å². The summed E-state index contributed by atoms with van der Waals surface area (Å²) in [5.74, 6) is 0. The average Bonchev–Trinajstić information content (AvgIpc) is 1.68. The van der Waals surface area contributed by atoms with E-state index in [4.69, 9.17) is 0 Å². The van der Waals surface area contributed by atoms with Crippen LogP contribution in [0.15, 0.2) is 12.7 Å². The zero-order chi connectivity index (χ0) is 5.91. The van der Waals surface area contributed by atoms with Crippen molar-refractivity contribution in [1.29, 1.82) is 0 Å². The van der Waals surface area contributed by atoms with Crippen molar-refractivity contribution in [3.63, 3.8) is 0 Å². The molecule has 7 heavy (non-hydrogen) atoms. The molecule has 0 aliphatic rings. The van der Waals surface area contributed by atoms with Gasteiger partial charge in [-0.1, -0.05) is 6.58 Å². The minimum absolute atomic E-state index is 0.438. The smallest absolute Gasteiger partial charge is 0.320 e. The molecule has 0 aromatic carbocycles. The van der Waals surface area contributed by atoms with Gasteiger partial charge in [-0.05, 0) is 0 Å². The number of hydrogen-bond acceptors (Lipinski definition) is 1. The second-order valence-corrected chi connectivity index (χ2v) is 0.970. The normalized spacial score (nSPS) is 11.3. The Morgan fingerprint density at radius 3 is 2.14 bits per heavy atom. The molecule has 1 nitrogen and oxygen atoms in total. The molecule has 0 atom stereocenters. The van der Waals surface area contributed by atoms with E-state index in [0.29, 0.717) is 6.08 Å². The first kappa shape index (κ1) is 6.56. The monoisotopic (exact) mass is 108 g/mol. The first-order valence-electron chi connectivity index (χ1n) is 1.69. The van der Waals surface area contributed by atoms with Crippen molar-refractivity contribution in [2.45, 2.75) is 6.11 Å². The third kappa shape index (κ3) is 2.28. The number of alkyl halides is 2. The van der Waals surface area contributed by atoms with Crippen LogP contribution in [0, 0.1) is 0 Å². The molecule has 0 amide bonds. The molecule has 0 fully saturated rings. The van der Waals surface area contributed by atoms with Gasteiger partial charge in [-0.15, -0.1) is 0 Å². The maximum atomic E-state index is 11.5. The molecular formula is C4H6F2O. The molecule has 0 rings (SSSR count). The van der Waals surface area contributed by atoms with E-state index in [1.54, 1.807) is 0 Å². The molecule has 42 valence electrons. The highest BCUT2D eigenvalue weighted by Crippen LogP contribution is 2.12. The van der Waals surface area contributed by atoms with E-state index in [1.165, 1.54) is 0 Å². The Morgan fingerprint density at radius 2 is 2.14 bits per heavy atom. The Hall–Kier alpha value is -0.440. The van der Waals surface area contributed by atoms with Crippen molar-refractivity contribution in [3.05, 3.63) is 12.7 Å². The summed E-state index contributed by atoms with van der Waals surface area (Å²) in [4.78, 5) is 0. The predicted octanol–water partition coefficient (Wildman–Crippen LogP) is 1.41. The van der Waals surface area contributed by atoms with Crippen LogP contribution in [0.3, 0.4) is 0 Å². The first-order valence-corrected chi connectivity index (χ1v) is 1.69. The van der Waals surface area contributed by atoms with Gasteiger partial charge in [-0.2, -0.15) is 8.78 Å². The fraction of sp³-hybridized carbons (Fsp3) is 0.500. The van der Waals surface area contributed by atoms with Gasteiger partial charge >= 0.3 is 6.11 Å². The second kappa shape index (κ2) is 2.02. The van der Waals surface area contributed by atoms with Crippen molar-refractivity contribution in [2.24, 2.45) is 0 Å². The molecular weight excluding hydrogens is 102 g/mol. The highest BCUT2D eigenvalue weighted by molar-refractivity contribution is 4.77. The van der Waals surface area contributed by atoms with Crippen LogP contribution in [0.4, 0.5) is 8.78 Å². The third-order valence-corrected chi connectivity index (χ3v) is 0.510. The lowest BCUT2D eigenvalue weighted by Gasteiger charge is -2.05. The van der Waals surface area contributed by atoms with Crippen molar-refractivity contribution < 1.29 is 13.5 Å². The van der Waals surface area contributed by atoms with Crippen LogP contribution in [0.25, 0.3) is 0 Å². The zero-order valence-corrected chi connectivity index (χ0v) is 3.95. The van der Waals surface area contributed by atoms with Gasteiger partial charge in [-0.25, -0.2) is 0 Å². The SMILES string of the molecule is C=CC(F)(F)OC. The van der Waals surface area contributed by atoms with E-state index in [0.717, 1.165) is 7.11 Å². The van der Waals surface area contributed by atoms with Crippen molar-refractivity contribution in [3.8, 4) is 0 Å². The average molecular weight is 108 g/mol. The summed E-state index contributed by atoms with van der Waals surface area (Å²) in [7, 11) is 0.918. The number of halogens is 2. The van der Waals surface area contributed by atoms with Crippen LogP contribution in [-0.2, 0) is 4.74 Å². The maximum Gasteiger partial charge on any atom is 0.375 e. The van der Waals surface area contributed by atoms with Gasteiger partial charge in [0.1, 0.15) is 0 Å². The molecule has 0 unspecified atom stereocenters. The molecule has 0 radical (unpaired) electrons. The highest BCUT2D eigenvalue weighted by Gasteiger charge is 2.21. The lowest BCUT2D eigenvalue weighted by molar-refractivity contribution is -0.180. The molecule has 0 aliphatic carbocycles. The molecule has 0 heterocycles. The van der Waals surface area contributed by atoms with Crippen LogP contribution in [0.5, 0.6) is 0 Å². The number of ether oxygens (including phenoxy) is 1. The lowest BCUT2D eigenvalue weighted by atomic mass is 10.6. The second-order valence-electron chi connectivity index (χ2n) is 0.970. The van der Waals surface area contributed by atoms with Crippen LogP contribution in [-0.4, -0.2) is 13.2 Å².